The van der Waals surface area contributed by atoms with Gasteiger partial charge in [-0.2, -0.15) is 0 Å². The molecule has 2 N–H and O–H groups in total. The van der Waals surface area contributed by atoms with Gasteiger partial charge in [0.2, 0.25) is 5.91 Å². The minimum atomic E-state index is -1.11. The van der Waals surface area contributed by atoms with Crippen molar-refractivity contribution in [3.05, 3.63) is 29.8 Å². The number of benzene rings is 1. The Morgan fingerprint density at radius 2 is 1.81 bits per heavy atom. The van der Waals surface area contributed by atoms with Crippen LogP contribution in [0.25, 0.3) is 0 Å². The molecule has 21 heavy (non-hydrogen) atoms. The van der Waals surface area contributed by atoms with Crippen LogP contribution in [0.5, 0.6) is 5.75 Å². The van der Waals surface area contributed by atoms with Crippen LogP contribution >= 0.6 is 0 Å². The van der Waals surface area contributed by atoms with Crippen LogP contribution in [0.3, 0.4) is 0 Å². The summed E-state index contributed by atoms with van der Waals surface area (Å²) in [6.45, 7) is 3.79. The molecule has 114 valence electrons. The van der Waals surface area contributed by atoms with E-state index < -0.39 is 17.9 Å². The third-order valence-electron chi connectivity index (χ3n) is 2.81. The van der Waals surface area contributed by atoms with Gasteiger partial charge in [-0.3, -0.25) is 14.4 Å². The Balaban J connectivity index is 2.46. The summed E-state index contributed by atoms with van der Waals surface area (Å²) in [5.41, 5.74) is 0.498. The summed E-state index contributed by atoms with van der Waals surface area (Å²) in [7, 11) is 0. The van der Waals surface area contributed by atoms with Crippen molar-refractivity contribution in [1.29, 1.82) is 0 Å². The number of hydrogen-bond donors (Lipinski definition) is 2. The second-order valence-corrected chi connectivity index (χ2v) is 4.51. The third kappa shape index (κ3) is 5.64. The van der Waals surface area contributed by atoms with E-state index in [0.717, 1.165) is 0 Å². The van der Waals surface area contributed by atoms with Crippen molar-refractivity contribution in [3.8, 4) is 5.75 Å². The Kier molecular flexibility index (Phi) is 6.39. The van der Waals surface area contributed by atoms with Crippen molar-refractivity contribution in [3.63, 3.8) is 0 Å². The monoisotopic (exact) mass is 293 g/mol. The number of amides is 1. The molecule has 0 spiro atoms. The number of Topliss-reactive ketones (excluding diaryl/α,β-unsaturated/α-hetero) is 1. The molecule has 0 aliphatic heterocycles. The van der Waals surface area contributed by atoms with Crippen molar-refractivity contribution in [2.45, 2.75) is 32.7 Å². The number of carboxylic acid groups (broad SMARTS) is 1. The highest BCUT2D eigenvalue weighted by molar-refractivity contribution is 5.98. The lowest BCUT2D eigenvalue weighted by atomic mass is 10.1. The zero-order valence-corrected chi connectivity index (χ0v) is 12.1. The first-order valence-electron chi connectivity index (χ1n) is 6.72. The standard InChI is InChI=1S/C15H19NO5/c1-3-21-12-6-4-11(5-7-12)13(17)8-9-14(18)16-10(2)15(19)20/h4-7,10H,3,8-9H2,1-2H3,(H,16,18)(H,19,20)/t10-/m0/s1. The lowest BCUT2D eigenvalue weighted by Gasteiger charge is -2.09. The van der Waals surface area contributed by atoms with Gasteiger partial charge in [-0.15, -0.1) is 0 Å². The van der Waals surface area contributed by atoms with E-state index in [1.54, 1.807) is 24.3 Å². The van der Waals surface area contributed by atoms with Crippen LogP contribution in [-0.2, 0) is 9.59 Å². The molecule has 1 aromatic rings. The molecule has 6 heteroatoms. The minimum absolute atomic E-state index is 0.0339. The summed E-state index contributed by atoms with van der Waals surface area (Å²) in [6, 6.07) is 5.72. The Hall–Kier alpha value is -2.37. The number of hydrogen-bond acceptors (Lipinski definition) is 4. The molecule has 0 saturated heterocycles. The van der Waals surface area contributed by atoms with E-state index in [2.05, 4.69) is 5.32 Å². The van der Waals surface area contributed by atoms with E-state index in [-0.39, 0.29) is 18.6 Å². The highest BCUT2D eigenvalue weighted by Gasteiger charge is 2.15. The van der Waals surface area contributed by atoms with Crippen LogP contribution in [0.2, 0.25) is 0 Å². The number of carboxylic acids is 1. The second-order valence-electron chi connectivity index (χ2n) is 4.51. The molecule has 6 nitrogen and oxygen atoms in total. The van der Waals surface area contributed by atoms with E-state index in [1.807, 2.05) is 6.92 Å². The largest absolute Gasteiger partial charge is 0.494 e. The first-order valence-corrected chi connectivity index (χ1v) is 6.72. The van der Waals surface area contributed by atoms with Crippen LogP contribution in [0.1, 0.15) is 37.0 Å². The Bertz CT molecular complexity index is 509. The molecule has 0 saturated carbocycles. The van der Waals surface area contributed by atoms with Crippen LogP contribution in [0, 0.1) is 0 Å². The zero-order valence-electron chi connectivity index (χ0n) is 12.1. The van der Waals surface area contributed by atoms with Crippen LogP contribution < -0.4 is 10.1 Å². The summed E-state index contributed by atoms with van der Waals surface area (Å²) in [5, 5.41) is 11.0. The first-order chi connectivity index (χ1) is 9.93. The molecule has 0 aromatic heterocycles. The van der Waals surface area contributed by atoms with Gasteiger partial charge in [0, 0.05) is 18.4 Å². The Labute approximate surface area is 123 Å². The highest BCUT2D eigenvalue weighted by Crippen LogP contribution is 2.14. The van der Waals surface area contributed by atoms with Gasteiger partial charge >= 0.3 is 5.97 Å². The summed E-state index contributed by atoms with van der Waals surface area (Å²) in [4.78, 5) is 34.0. The summed E-state index contributed by atoms with van der Waals surface area (Å²) in [6.07, 6.45) is -0.00415. The average Bonchev–Trinajstić information content (AvgIpc) is 2.45. The molecule has 1 amide bonds. The van der Waals surface area contributed by atoms with Crippen LogP contribution in [-0.4, -0.2) is 35.4 Å². The third-order valence-corrected chi connectivity index (χ3v) is 2.81. The van der Waals surface area contributed by atoms with Gasteiger partial charge < -0.3 is 15.2 Å². The summed E-state index contributed by atoms with van der Waals surface area (Å²) in [5.74, 6) is -1.05. The van der Waals surface area contributed by atoms with E-state index in [0.29, 0.717) is 17.9 Å². The predicted octanol–water partition coefficient (Wildman–Crippen LogP) is 1.64. The lowest BCUT2D eigenvalue weighted by molar-refractivity contribution is -0.141. The van der Waals surface area contributed by atoms with Gasteiger partial charge in [0.05, 0.1) is 6.61 Å². The number of ether oxygens (including phenoxy) is 1. The van der Waals surface area contributed by atoms with Gasteiger partial charge in [0.25, 0.3) is 0 Å². The van der Waals surface area contributed by atoms with E-state index >= 15 is 0 Å². The van der Waals surface area contributed by atoms with Crippen molar-refractivity contribution in [2.24, 2.45) is 0 Å². The fourth-order valence-electron chi connectivity index (χ4n) is 1.65. The van der Waals surface area contributed by atoms with Gasteiger partial charge in [0.1, 0.15) is 11.8 Å². The predicted molar refractivity (Wildman–Crippen MR) is 76.4 cm³/mol. The molecular formula is C15H19NO5. The second kappa shape index (κ2) is 8.04. The number of carbonyl (C=O) groups is 3. The smallest absolute Gasteiger partial charge is 0.325 e. The minimum Gasteiger partial charge on any atom is -0.494 e. The number of ketones is 1. The van der Waals surface area contributed by atoms with Crippen molar-refractivity contribution in [2.75, 3.05) is 6.61 Å². The number of rotatable bonds is 8. The Morgan fingerprint density at radius 3 is 2.33 bits per heavy atom. The van der Waals surface area contributed by atoms with Gasteiger partial charge in [0.15, 0.2) is 5.78 Å². The Morgan fingerprint density at radius 1 is 1.19 bits per heavy atom. The number of carbonyl (C=O) groups excluding carboxylic acids is 2. The molecule has 1 aromatic carbocycles. The number of nitrogens with one attached hydrogen (secondary N) is 1. The lowest BCUT2D eigenvalue weighted by Crippen LogP contribution is -2.38. The van der Waals surface area contributed by atoms with Crippen LogP contribution in [0.4, 0.5) is 0 Å². The molecule has 0 fully saturated rings. The first kappa shape index (κ1) is 16.7. The van der Waals surface area contributed by atoms with Crippen LogP contribution in [0.15, 0.2) is 24.3 Å². The normalized spacial score (nSPS) is 11.5. The van der Waals surface area contributed by atoms with Crippen molar-refractivity contribution < 1.29 is 24.2 Å². The molecule has 0 bridgehead atoms. The molecule has 0 heterocycles. The van der Waals surface area contributed by atoms with Gasteiger partial charge in [-0.25, -0.2) is 0 Å². The van der Waals surface area contributed by atoms with E-state index in [1.165, 1.54) is 6.92 Å². The number of aliphatic carboxylic acids is 1. The van der Waals surface area contributed by atoms with Gasteiger partial charge in [-0.1, -0.05) is 0 Å². The maximum atomic E-state index is 11.9. The zero-order chi connectivity index (χ0) is 15.8. The molecule has 0 aliphatic rings. The summed E-state index contributed by atoms with van der Waals surface area (Å²) >= 11 is 0. The van der Waals surface area contributed by atoms with Crippen molar-refractivity contribution >= 4 is 17.7 Å². The molecule has 0 unspecified atom stereocenters. The molecular weight excluding hydrogens is 274 g/mol. The molecule has 1 rings (SSSR count). The van der Waals surface area contributed by atoms with E-state index in [9.17, 15) is 14.4 Å². The van der Waals surface area contributed by atoms with E-state index in [4.69, 9.17) is 9.84 Å². The average molecular weight is 293 g/mol. The maximum Gasteiger partial charge on any atom is 0.325 e. The van der Waals surface area contributed by atoms with Crippen molar-refractivity contribution in [1.82, 2.24) is 5.32 Å². The maximum absolute atomic E-state index is 11.9. The SMILES string of the molecule is CCOc1ccc(C(=O)CCC(=O)N[C@@H](C)C(=O)O)cc1. The molecule has 0 aliphatic carbocycles. The molecule has 0 radical (unpaired) electrons. The summed E-state index contributed by atoms with van der Waals surface area (Å²) < 4.78 is 5.27. The fourth-order valence-corrected chi connectivity index (χ4v) is 1.65. The highest BCUT2D eigenvalue weighted by atomic mass is 16.5. The topological polar surface area (TPSA) is 92.7 Å². The van der Waals surface area contributed by atoms with Gasteiger partial charge in [-0.05, 0) is 38.1 Å². The quantitative estimate of drug-likeness (QED) is 0.711. The molecule has 1 atom stereocenters. The fraction of sp³-hybridized carbons (Fsp3) is 0.400.